The van der Waals surface area contributed by atoms with Crippen molar-refractivity contribution >= 4 is 11.8 Å². The van der Waals surface area contributed by atoms with Crippen molar-refractivity contribution < 1.29 is 9.59 Å². The molecule has 0 saturated heterocycles. The molecule has 0 aromatic heterocycles. The van der Waals surface area contributed by atoms with Crippen molar-refractivity contribution in [1.29, 1.82) is 0 Å². The molecule has 1 aromatic rings. The van der Waals surface area contributed by atoms with Gasteiger partial charge >= 0.3 is 0 Å². The number of hydrogen-bond donors (Lipinski definition) is 2. The molecule has 4 nitrogen and oxygen atoms in total. The van der Waals surface area contributed by atoms with Gasteiger partial charge in [-0.05, 0) is 25.0 Å². The minimum absolute atomic E-state index is 0.115. The SMILES string of the molecule is C=C(C)C(N)=O.C=CC(=O)NCCc1ccccc1. The fraction of sp³-hybridized carbons (Fsp3) is 0.200. The van der Waals surface area contributed by atoms with Crippen molar-refractivity contribution in [3.63, 3.8) is 0 Å². The van der Waals surface area contributed by atoms with Gasteiger partial charge in [0.15, 0.2) is 0 Å². The van der Waals surface area contributed by atoms with Gasteiger partial charge in [0.2, 0.25) is 11.8 Å². The molecule has 0 unspecified atom stereocenters. The minimum Gasteiger partial charge on any atom is -0.366 e. The Hall–Kier alpha value is -2.36. The quantitative estimate of drug-likeness (QED) is 0.789. The van der Waals surface area contributed by atoms with Crippen LogP contribution in [0.1, 0.15) is 12.5 Å². The highest BCUT2D eigenvalue weighted by Crippen LogP contribution is 1.97. The summed E-state index contributed by atoms with van der Waals surface area (Å²) in [5.41, 5.74) is 6.32. The highest BCUT2D eigenvalue weighted by molar-refractivity contribution is 5.90. The van der Waals surface area contributed by atoms with E-state index in [1.54, 1.807) is 6.92 Å². The first-order chi connectivity index (χ1) is 8.97. The first-order valence-corrected chi connectivity index (χ1v) is 5.87. The molecule has 0 bridgehead atoms. The summed E-state index contributed by atoms with van der Waals surface area (Å²) in [6, 6.07) is 10.0. The van der Waals surface area contributed by atoms with Crippen LogP contribution in [0, 0.1) is 0 Å². The van der Waals surface area contributed by atoms with Crippen LogP contribution in [-0.4, -0.2) is 18.4 Å². The van der Waals surface area contributed by atoms with E-state index < -0.39 is 5.91 Å². The number of nitrogens with one attached hydrogen (secondary N) is 1. The molecule has 0 fully saturated rings. The second-order valence-electron chi connectivity index (χ2n) is 3.88. The third kappa shape index (κ3) is 9.35. The van der Waals surface area contributed by atoms with E-state index >= 15 is 0 Å². The predicted octanol–water partition coefficient (Wildman–Crippen LogP) is 1.58. The molecule has 0 aliphatic carbocycles. The number of carbonyl (C=O) groups excluding carboxylic acids is 2. The average molecular weight is 260 g/mol. The van der Waals surface area contributed by atoms with Crippen molar-refractivity contribution in [2.24, 2.45) is 5.73 Å². The van der Waals surface area contributed by atoms with E-state index in [9.17, 15) is 9.59 Å². The van der Waals surface area contributed by atoms with Crippen LogP contribution in [0.3, 0.4) is 0 Å². The van der Waals surface area contributed by atoms with Gasteiger partial charge in [-0.25, -0.2) is 0 Å². The van der Waals surface area contributed by atoms with Crippen molar-refractivity contribution in [3.8, 4) is 0 Å². The standard InChI is InChI=1S/C11H13NO.C4H7NO/c1-2-11(13)12-9-8-10-6-4-3-5-7-10;1-3(2)4(5)6/h2-7H,1,8-9H2,(H,12,13);1H2,2H3,(H2,5,6). The molecule has 1 aromatic carbocycles. The predicted molar refractivity (Wildman–Crippen MR) is 77.4 cm³/mol. The topological polar surface area (TPSA) is 72.2 Å². The molecular weight excluding hydrogens is 240 g/mol. The number of primary amides is 1. The van der Waals surface area contributed by atoms with Crippen LogP contribution < -0.4 is 11.1 Å². The smallest absolute Gasteiger partial charge is 0.243 e. The van der Waals surface area contributed by atoms with Crippen LogP contribution in [0.15, 0.2) is 55.1 Å². The summed E-state index contributed by atoms with van der Waals surface area (Å²) >= 11 is 0. The van der Waals surface area contributed by atoms with Gasteiger partial charge < -0.3 is 11.1 Å². The van der Waals surface area contributed by atoms with Crippen molar-refractivity contribution in [2.75, 3.05) is 6.54 Å². The lowest BCUT2D eigenvalue weighted by Gasteiger charge is -2.01. The lowest BCUT2D eigenvalue weighted by molar-refractivity contribution is -0.116. The van der Waals surface area contributed by atoms with Crippen molar-refractivity contribution in [2.45, 2.75) is 13.3 Å². The molecule has 0 aliphatic heterocycles. The van der Waals surface area contributed by atoms with Crippen LogP contribution in [0.5, 0.6) is 0 Å². The molecule has 4 heteroatoms. The maximum absolute atomic E-state index is 10.8. The molecule has 0 saturated carbocycles. The fourth-order valence-corrected chi connectivity index (χ4v) is 1.05. The van der Waals surface area contributed by atoms with E-state index in [-0.39, 0.29) is 5.91 Å². The Labute approximate surface area is 114 Å². The van der Waals surface area contributed by atoms with Gasteiger partial charge in [-0.15, -0.1) is 0 Å². The van der Waals surface area contributed by atoms with Gasteiger partial charge in [0.25, 0.3) is 0 Å². The third-order valence-corrected chi connectivity index (χ3v) is 2.16. The zero-order chi connectivity index (χ0) is 14.7. The summed E-state index contributed by atoms with van der Waals surface area (Å²) in [4.78, 5) is 20.6. The Morgan fingerprint density at radius 2 is 1.84 bits per heavy atom. The van der Waals surface area contributed by atoms with E-state index in [2.05, 4.69) is 18.5 Å². The second kappa shape index (κ2) is 9.65. The number of carbonyl (C=O) groups is 2. The molecular formula is C15H20N2O2. The summed E-state index contributed by atoms with van der Waals surface area (Å²) in [5, 5.41) is 2.72. The summed E-state index contributed by atoms with van der Waals surface area (Å²) in [5.74, 6) is -0.550. The van der Waals surface area contributed by atoms with Crippen molar-refractivity contribution in [3.05, 3.63) is 60.7 Å². The van der Waals surface area contributed by atoms with Crippen LogP contribution >= 0.6 is 0 Å². The molecule has 3 N–H and O–H groups in total. The summed E-state index contributed by atoms with van der Waals surface area (Å²) in [6.07, 6.45) is 2.14. The lowest BCUT2D eigenvalue weighted by atomic mass is 10.1. The number of amides is 2. The summed E-state index contributed by atoms with van der Waals surface area (Å²) in [6.45, 7) is 8.89. The molecule has 2 amide bonds. The largest absolute Gasteiger partial charge is 0.366 e. The maximum atomic E-state index is 10.8. The van der Waals surface area contributed by atoms with Gasteiger partial charge in [-0.2, -0.15) is 0 Å². The van der Waals surface area contributed by atoms with E-state index in [0.717, 1.165) is 6.42 Å². The number of nitrogens with two attached hydrogens (primary N) is 1. The zero-order valence-electron chi connectivity index (χ0n) is 11.2. The van der Waals surface area contributed by atoms with Crippen LogP contribution in [0.2, 0.25) is 0 Å². The summed E-state index contributed by atoms with van der Waals surface area (Å²) < 4.78 is 0. The maximum Gasteiger partial charge on any atom is 0.243 e. The van der Waals surface area contributed by atoms with Gasteiger partial charge in [0.05, 0.1) is 0 Å². The Balaban J connectivity index is 0.000000459. The molecule has 0 heterocycles. The van der Waals surface area contributed by atoms with Crippen LogP contribution in [0.25, 0.3) is 0 Å². The Morgan fingerprint density at radius 1 is 1.32 bits per heavy atom. The van der Waals surface area contributed by atoms with Crippen LogP contribution in [0.4, 0.5) is 0 Å². The average Bonchev–Trinajstić information content (AvgIpc) is 2.40. The molecule has 0 radical (unpaired) electrons. The highest BCUT2D eigenvalue weighted by atomic mass is 16.1. The summed E-state index contributed by atoms with van der Waals surface area (Å²) in [7, 11) is 0. The fourth-order valence-electron chi connectivity index (χ4n) is 1.05. The van der Waals surface area contributed by atoms with Crippen LogP contribution in [-0.2, 0) is 16.0 Å². The molecule has 102 valence electrons. The van der Waals surface area contributed by atoms with Gasteiger partial charge in [-0.3, -0.25) is 9.59 Å². The van der Waals surface area contributed by atoms with E-state index in [4.69, 9.17) is 5.73 Å². The number of benzene rings is 1. The highest BCUT2D eigenvalue weighted by Gasteiger charge is 1.93. The first-order valence-electron chi connectivity index (χ1n) is 5.87. The first kappa shape index (κ1) is 16.6. The molecule has 0 spiro atoms. The Kier molecular flexibility index (Phi) is 8.45. The Morgan fingerprint density at radius 3 is 2.26 bits per heavy atom. The zero-order valence-corrected chi connectivity index (χ0v) is 11.2. The molecule has 1 rings (SSSR count). The number of rotatable bonds is 5. The minimum atomic E-state index is -0.435. The third-order valence-electron chi connectivity index (χ3n) is 2.16. The molecule has 0 atom stereocenters. The normalized spacial score (nSPS) is 8.68. The van der Waals surface area contributed by atoms with Gasteiger partial charge in [0.1, 0.15) is 0 Å². The van der Waals surface area contributed by atoms with E-state index in [0.29, 0.717) is 12.1 Å². The molecule has 19 heavy (non-hydrogen) atoms. The van der Waals surface area contributed by atoms with Gasteiger partial charge in [0, 0.05) is 12.1 Å². The molecule has 0 aliphatic rings. The van der Waals surface area contributed by atoms with E-state index in [1.165, 1.54) is 11.6 Å². The van der Waals surface area contributed by atoms with E-state index in [1.807, 2.05) is 30.3 Å². The van der Waals surface area contributed by atoms with Gasteiger partial charge in [-0.1, -0.05) is 43.5 Å². The van der Waals surface area contributed by atoms with Crippen molar-refractivity contribution in [1.82, 2.24) is 5.32 Å². The Bertz CT molecular complexity index is 427. The number of hydrogen-bond acceptors (Lipinski definition) is 2. The lowest BCUT2D eigenvalue weighted by Crippen LogP contribution is -2.23. The second-order valence-corrected chi connectivity index (χ2v) is 3.88. The monoisotopic (exact) mass is 260 g/mol.